The first kappa shape index (κ1) is 26.1. The molecule has 1 aliphatic carbocycles. The first-order valence-electron chi connectivity index (χ1n) is 11.2. The number of urea groups is 1. The number of pyridine rings is 1. The van der Waals surface area contributed by atoms with Crippen LogP contribution in [0, 0.1) is 0 Å². The fourth-order valence-electron chi connectivity index (χ4n) is 3.61. The lowest BCUT2D eigenvalue weighted by molar-refractivity contribution is 0.256. The Hall–Kier alpha value is -4.02. The molecule has 3 aromatic rings. The summed E-state index contributed by atoms with van der Waals surface area (Å²) in [6.07, 6.45) is 10.2. The molecule has 0 bridgehead atoms. The minimum Gasteiger partial charge on any atom is -0.495 e. The predicted octanol–water partition coefficient (Wildman–Crippen LogP) is 5.37. The molecule has 0 saturated carbocycles. The Morgan fingerprint density at radius 1 is 1.16 bits per heavy atom. The molecule has 0 spiro atoms. The number of carbonyl (C=O) groups excluding carboxylic acids is 1. The third kappa shape index (κ3) is 6.04. The van der Waals surface area contributed by atoms with E-state index in [2.05, 4.69) is 25.6 Å². The van der Waals surface area contributed by atoms with Crippen LogP contribution in [0.15, 0.2) is 66.5 Å². The predicted molar refractivity (Wildman–Crippen MR) is 144 cm³/mol. The maximum Gasteiger partial charge on any atom is 0.327 e. The maximum absolute atomic E-state index is 13.6. The van der Waals surface area contributed by atoms with E-state index >= 15 is 0 Å². The monoisotopic (exact) mass is 541 g/mol. The number of hydrogen-bond donors (Lipinski definition) is 3. The largest absolute Gasteiger partial charge is 0.495 e. The molecular weight excluding hydrogens is 517 g/mol. The number of allylic oxidation sites excluding steroid dienone is 3. The SMILES string of the molecule is COc1cc(OC)c(Cl)c(NC(=O)N(Cc2cccnc2)c2cc(NC3=C(N)CCC=C3)ncn2)c1Cl. The maximum atomic E-state index is 13.6. The van der Waals surface area contributed by atoms with Gasteiger partial charge in [0, 0.05) is 30.2 Å². The Morgan fingerprint density at radius 3 is 2.57 bits per heavy atom. The minimum absolute atomic E-state index is 0.125. The summed E-state index contributed by atoms with van der Waals surface area (Å²) in [6.45, 7) is 0.150. The van der Waals surface area contributed by atoms with Gasteiger partial charge in [-0.15, -0.1) is 0 Å². The van der Waals surface area contributed by atoms with Crippen molar-refractivity contribution in [3.63, 3.8) is 0 Å². The molecule has 0 aliphatic heterocycles. The van der Waals surface area contributed by atoms with Gasteiger partial charge < -0.3 is 25.8 Å². The van der Waals surface area contributed by atoms with Gasteiger partial charge in [0.15, 0.2) is 0 Å². The molecule has 37 heavy (non-hydrogen) atoms. The van der Waals surface area contributed by atoms with Crippen molar-refractivity contribution in [2.24, 2.45) is 5.73 Å². The van der Waals surface area contributed by atoms with E-state index in [-0.39, 0.29) is 33.8 Å². The molecule has 192 valence electrons. The van der Waals surface area contributed by atoms with Crippen molar-refractivity contribution in [1.82, 2.24) is 15.0 Å². The number of rotatable bonds is 8. The number of hydrogen-bond acceptors (Lipinski definition) is 8. The highest BCUT2D eigenvalue weighted by Gasteiger charge is 2.24. The van der Waals surface area contributed by atoms with Gasteiger partial charge in [-0.2, -0.15) is 0 Å². The van der Waals surface area contributed by atoms with Crippen LogP contribution in [0.4, 0.5) is 22.1 Å². The first-order chi connectivity index (χ1) is 17.9. The van der Waals surface area contributed by atoms with Crippen molar-refractivity contribution >= 4 is 46.6 Å². The number of halogens is 2. The van der Waals surface area contributed by atoms with Crippen LogP contribution in [0.5, 0.6) is 11.5 Å². The molecule has 4 N–H and O–H groups in total. The summed E-state index contributed by atoms with van der Waals surface area (Å²) in [5.74, 6) is 1.37. The van der Waals surface area contributed by atoms with Crippen LogP contribution >= 0.6 is 23.2 Å². The van der Waals surface area contributed by atoms with Crippen LogP contribution in [0.1, 0.15) is 18.4 Å². The molecule has 1 aromatic carbocycles. The Morgan fingerprint density at radius 2 is 1.92 bits per heavy atom. The summed E-state index contributed by atoms with van der Waals surface area (Å²) in [7, 11) is 2.90. The number of amides is 2. The van der Waals surface area contributed by atoms with Gasteiger partial charge in [-0.3, -0.25) is 9.88 Å². The van der Waals surface area contributed by atoms with Crippen molar-refractivity contribution in [2.45, 2.75) is 19.4 Å². The van der Waals surface area contributed by atoms with Crippen molar-refractivity contribution in [3.05, 3.63) is 82.1 Å². The van der Waals surface area contributed by atoms with Gasteiger partial charge >= 0.3 is 6.03 Å². The summed E-state index contributed by atoms with van der Waals surface area (Å²) in [6, 6.07) is 6.26. The highest BCUT2D eigenvalue weighted by Crippen LogP contribution is 2.44. The molecule has 2 aromatic heterocycles. The number of methoxy groups -OCH3 is 2. The molecule has 0 atom stereocenters. The standard InChI is InChI=1S/C25H25Cl2N7O3/c1-36-18-10-19(37-2)23(27)24(22(18)26)33-25(35)34(13-15-6-5-9-29-12-15)21-11-20(30-14-31-21)32-17-8-4-3-7-16(17)28/h4-6,8-12,14H,3,7,13,28H2,1-2H3,(H,33,35)(H,30,31,32). The summed E-state index contributed by atoms with van der Waals surface area (Å²) in [4.78, 5) is 27.8. The lowest BCUT2D eigenvalue weighted by atomic mass is 10.1. The lowest BCUT2D eigenvalue weighted by Gasteiger charge is -2.24. The average molecular weight is 542 g/mol. The van der Waals surface area contributed by atoms with Gasteiger partial charge in [-0.05, 0) is 30.5 Å². The van der Waals surface area contributed by atoms with E-state index in [0.29, 0.717) is 11.6 Å². The van der Waals surface area contributed by atoms with Gasteiger partial charge in [-0.25, -0.2) is 14.8 Å². The smallest absolute Gasteiger partial charge is 0.327 e. The topological polar surface area (TPSA) is 128 Å². The minimum atomic E-state index is -0.552. The van der Waals surface area contributed by atoms with Gasteiger partial charge in [0.1, 0.15) is 39.5 Å². The Labute approximate surface area is 224 Å². The zero-order chi connectivity index (χ0) is 26.4. The number of carbonyl (C=O) groups is 1. The van der Waals surface area contributed by atoms with Crippen molar-refractivity contribution in [3.8, 4) is 11.5 Å². The first-order valence-corrected chi connectivity index (χ1v) is 12.0. The number of aromatic nitrogens is 3. The Balaban J connectivity index is 1.69. The van der Waals surface area contributed by atoms with Crippen molar-refractivity contribution in [1.29, 1.82) is 0 Å². The molecule has 0 unspecified atom stereocenters. The van der Waals surface area contributed by atoms with Crippen LogP contribution in [0.2, 0.25) is 10.0 Å². The summed E-state index contributed by atoms with van der Waals surface area (Å²) in [5.41, 5.74) is 8.52. The number of nitrogens with one attached hydrogen (secondary N) is 2. The Kier molecular flexibility index (Phi) is 8.32. The Bertz CT molecular complexity index is 1320. The zero-order valence-corrected chi connectivity index (χ0v) is 21.7. The van der Waals surface area contributed by atoms with E-state index in [1.165, 1.54) is 31.5 Å². The molecule has 4 rings (SSSR count). The second-order valence-electron chi connectivity index (χ2n) is 7.93. The normalized spacial score (nSPS) is 12.8. The average Bonchev–Trinajstić information content (AvgIpc) is 2.92. The summed E-state index contributed by atoms with van der Waals surface area (Å²) in [5, 5.41) is 6.22. The molecule has 12 heteroatoms. The van der Waals surface area contributed by atoms with Crippen molar-refractivity contribution in [2.75, 3.05) is 29.8 Å². The van der Waals surface area contributed by atoms with Gasteiger partial charge in [0.2, 0.25) is 0 Å². The molecule has 0 fully saturated rings. The molecule has 0 radical (unpaired) electrons. The van der Waals surface area contributed by atoms with Gasteiger partial charge in [0.25, 0.3) is 0 Å². The van der Waals surface area contributed by atoms with Crippen molar-refractivity contribution < 1.29 is 14.3 Å². The van der Waals surface area contributed by atoms with Crippen LogP contribution in [-0.2, 0) is 6.54 Å². The van der Waals surface area contributed by atoms with E-state index in [9.17, 15) is 4.79 Å². The van der Waals surface area contributed by atoms with Crippen LogP contribution in [0.25, 0.3) is 0 Å². The molecule has 0 saturated heterocycles. The third-order valence-corrected chi connectivity index (χ3v) is 6.27. The quantitative estimate of drug-likeness (QED) is 0.347. The van der Waals surface area contributed by atoms with Gasteiger partial charge in [0.05, 0.1) is 32.1 Å². The second kappa shape index (κ2) is 11.8. The van der Waals surface area contributed by atoms with E-state index in [1.807, 2.05) is 18.2 Å². The van der Waals surface area contributed by atoms with Crippen LogP contribution in [0.3, 0.4) is 0 Å². The molecule has 10 nitrogen and oxygen atoms in total. The second-order valence-corrected chi connectivity index (χ2v) is 8.68. The van der Waals surface area contributed by atoms with Crippen LogP contribution < -0.4 is 30.7 Å². The molecular formula is C25H25Cl2N7O3. The molecule has 2 amide bonds. The van der Waals surface area contributed by atoms with Crippen LogP contribution in [-0.4, -0.2) is 35.2 Å². The molecule has 1 aliphatic rings. The van der Waals surface area contributed by atoms with E-state index in [4.69, 9.17) is 38.4 Å². The number of ether oxygens (including phenoxy) is 2. The highest BCUT2D eigenvalue weighted by atomic mass is 35.5. The third-order valence-electron chi connectivity index (χ3n) is 5.52. The fourth-order valence-corrected chi connectivity index (χ4v) is 4.20. The zero-order valence-electron chi connectivity index (χ0n) is 20.2. The van der Waals surface area contributed by atoms with Gasteiger partial charge in [-0.1, -0.05) is 35.3 Å². The summed E-state index contributed by atoms with van der Waals surface area (Å²) < 4.78 is 10.6. The number of nitrogens with two attached hydrogens (primary N) is 1. The summed E-state index contributed by atoms with van der Waals surface area (Å²) >= 11 is 13.0. The molecule has 2 heterocycles. The fraction of sp³-hybridized carbons (Fsp3) is 0.200. The van der Waals surface area contributed by atoms with E-state index in [1.54, 1.807) is 24.5 Å². The van der Waals surface area contributed by atoms with E-state index < -0.39 is 6.03 Å². The van der Waals surface area contributed by atoms with E-state index in [0.717, 1.165) is 29.8 Å². The lowest BCUT2D eigenvalue weighted by Crippen LogP contribution is -2.35. The highest BCUT2D eigenvalue weighted by molar-refractivity contribution is 6.41. The number of anilines is 3. The number of benzene rings is 1. The number of nitrogens with zero attached hydrogens (tertiary/aromatic N) is 4.